The van der Waals surface area contributed by atoms with E-state index in [-0.39, 0.29) is 24.4 Å². The van der Waals surface area contributed by atoms with Crippen molar-refractivity contribution in [1.82, 2.24) is 19.6 Å². The van der Waals surface area contributed by atoms with Gasteiger partial charge in [-0.1, -0.05) is 42.0 Å². The van der Waals surface area contributed by atoms with Crippen LogP contribution in [-0.4, -0.2) is 57.6 Å². The summed E-state index contributed by atoms with van der Waals surface area (Å²) in [5, 5.41) is 4.20. The lowest BCUT2D eigenvalue weighted by molar-refractivity contribution is -0.134. The van der Waals surface area contributed by atoms with E-state index < -0.39 is 0 Å². The number of likely N-dealkylation sites (N-methyl/N-ethyl adjacent to an activating group) is 1. The van der Waals surface area contributed by atoms with Crippen LogP contribution >= 0.6 is 0 Å². The van der Waals surface area contributed by atoms with Gasteiger partial charge in [0.25, 0.3) is 5.91 Å². The van der Waals surface area contributed by atoms with Gasteiger partial charge in [0.1, 0.15) is 6.54 Å². The summed E-state index contributed by atoms with van der Waals surface area (Å²) in [5.41, 5.74) is 4.40. The number of aryl methyl sites for hydroxylation is 2. The highest BCUT2D eigenvalue weighted by molar-refractivity contribution is 5.94. The lowest BCUT2D eigenvalue weighted by Gasteiger charge is -2.40. The Labute approximate surface area is 202 Å². The molecule has 0 aliphatic carbocycles. The molecule has 6 heteroatoms. The van der Waals surface area contributed by atoms with Crippen LogP contribution in [0.3, 0.4) is 0 Å². The van der Waals surface area contributed by atoms with Gasteiger partial charge in [0.15, 0.2) is 0 Å². The predicted molar refractivity (Wildman–Crippen MR) is 133 cm³/mol. The molecule has 1 aromatic heterocycles. The molecule has 4 rings (SSSR count). The summed E-state index contributed by atoms with van der Waals surface area (Å²) in [6.07, 6.45) is 6.09. The quantitative estimate of drug-likeness (QED) is 0.535. The molecule has 34 heavy (non-hydrogen) atoms. The summed E-state index contributed by atoms with van der Waals surface area (Å²) in [6, 6.07) is 18.1. The van der Waals surface area contributed by atoms with Crippen molar-refractivity contribution >= 4 is 11.8 Å². The molecule has 1 atom stereocenters. The van der Waals surface area contributed by atoms with E-state index in [1.54, 1.807) is 10.9 Å². The molecule has 0 saturated carbocycles. The van der Waals surface area contributed by atoms with Crippen molar-refractivity contribution in [1.29, 1.82) is 0 Å². The minimum Gasteiger partial charge on any atom is -0.341 e. The molecular formula is C28H34N4O2. The van der Waals surface area contributed by atoms with E-state index in [0.29, 0.717) is 19.0 Å². The van der Waals surface area contributed by atoms with E-state index in [1.165, 1.54) is 11.1 Å². The van der Waals surface area contributed by atoms with Crippen molar-refractivity contribution in [2.75, 3.05) is 20.1 Å². The maximum Gasteiger partial charge on any atom is 0.253 e. The van der Waals surface area contributed by atoms with Crippen LogP contribution in [-0.2, 0) is 17.8 Å². The Kier molecular flexibility index (Phi) is 7.46. The fraction of sp³-hybridized carbons (Fsp3) is 0.393. The average Bonchev–Trinajstić information content (AvgIpc) is 3.36. The van der Waals surface area contributed by atoms with Gasteiger partial charge in [-0.05, 0) is 68.4 Å². The maximum atomic E-state index is 13.2. The molecule has 2 amide bonds. The number of piperidine rings is 1. The SMILES string of the molecule is Cc1ccc(C(=O)N2CCC([C@@H](Cc3ccccc3C)N(C)C(=O)Cn3cccn3)CC2)cc1. The smallest absolute Gasteiger partial charge is 0.253 e. The molecule has 3 aromatic rings. The molecule has 0 unspecified atom stereocenters. The van der Waals surface area contributed by atoms with Crippen LogP contribution in [0.15, 0.2) is 67.0 Å². The van der Waals surface area contributed by atoms with Gasteiger partial charge in [-0.2, -0.15) is 5.10 Å². The molecule has 0 radical (unpaired) electrons. The third-order valence-electron chi connectivity index (χ3n) is 7.11. The van der Waals surface area contributed by atoms with Crippen molar-refractivity contribution in [3.63, 3.8) is 0 Å². The zero-order valence-corrected chi connectivity index (χ0v) is 20.4. The largest absolute Gasteiger partial charge is 0.341 e. The second kappa shape index (κ2) is 10.7. The number of benzene rings is 2. The Morgan fingerprint density at radius 1 is 1.03 bits per heavy atom. The first-order valence-corrected chi connectivity index (χ1v) is 12.1. The monoisotopic (exact) mass is 458 g/mol. The van der Waals surface area contributed by atoms with Crippen molar-refractivity contribution < 1.29 is 9.59 Å². The highest BCUT2D eigenvalue weighted by Crippen LogP contribution is 2.28. The zero-order chi connectivity index (χ0) is 24.1. The number of aromatic nitrogens is 2. The summed E-state index contributed by atoms with van der Waals surface area (Å²) < 4.78 is 1.67. The van der Waals surface area contributed by atoms with E-state index >= 15 is 0 Å². The number of likely N-dealkylation sites (tertiary alicyclic amines) is 1. The fourth-order valence-corrected chi connectivity index (χ4v) is 4.88. The number of hydrogen-bond acceptors (Lipinski definition) is 3. The summed E-state index contributed by atoms with van der Waals surface area (Å²) in [6.45, 7) is 5.81. The van der Waals surface area contributed by atoms with E-state index in [1.807, 2.05) is 60.3 Å². The number of carbonyl (C=O) groups is 2. The molecular weight excluding hydrogens is 424 g/mol. The van der Waals surface area contributed by atoms with Crippen LogP contribution in [0.5, 0.6) is 0 Å². The van der Waals surface area contributed by atoms with E-state index in [0.717, 1.165) is 30.4 Å². The first kappa shape index (κ1) is 23.7. The van der Waals surface area contributed by atoms with Crippen LogP contribution in [0.25, 0.3) is 0 Å². The molecule has 2 aromatic carbocycles. The summed E-state index contributed by atoms with van der Waals surface area (Å²) in [4.78, 5) is 30.0. The fourth-order valence-electron chi connectivity index (χ4n) is 4.88. The Morgan fingerprint density at radius 3 is 2.38 bits per heavy atom. The standard InChI is InChI=1S/C28H34N4O2/c1-21-9-11-24(12-10-21)28(34)31-17-13-23(14-18-31)26(19-25-8-5-4-7-22(25)2)30(3)27(33)20-32-16-6-15-29-32/h4-12,15-16,23,26H,13-14,17-20H2,1-3H3/t26-/m1/s1. The van der Waals surface area contributed by atoms with Crippen LogP contribution < -0.4 is 0 Å². The van der Waals surface area contributed by atoms with E-state index in [2.05, 4.69) is 36.3 Å². The summed E-state index contributed by atoms with van der Waals surface area (Å²) >= 11 is 0. The molecule has 2 heterocycles. The van der Waals surface area contributed by atoms with Crippen LogP contribution in [0.2, 0.25) is 0 Å². The molecule has 0 bridgehead atoms. The Hall–Kier alpha value is -3.41. The first-order valence-electron chi connectivity index (χ1n) is 12.1. The minimum atomic E-state index is 0.0560. The van der Waals surface area contributed by atoms with Gasteiger partial charge in [0.2, 0.25) is 5.91 Å². The van der Waals surface area contributed by atoms with Gasteiger partial charge in [-0.25, -0.2) is 0 Å². The molecule has 1 aliphatic rings. The molecule has 0 spiro atoms. The Balaban J connectivity index is 1.47. The van der Waals surface area contributed by atoms with Gasteiger partial charge < -0.3 is 9.80 Å². The van der Waals surface area contributed by atoms with Crippen molar-refractivity contribution in [3.8, 4) is 0 Å². The first-order chi connectivity index (χ1) is 16.4. The molecule has 1 aliphatic heterocycles. The topological polar surface area (TPSA) is 58.4 Å². The predicted octanol–water partition coefficient (Wildman–Crippen LogP) is 4.12. The normalized spacial score (nSPS) is 15.2. The number of carbonyl (C=O) groups excluding carboxylic acids is 2. The Bertz CT molecular complexity index is 1100. The van der Waals surface area contributed by atoms with Gasteiger partial charge in [-0.15, -0.1) is 0 Å². The van der Waals surface area contributed by atoms with E-state index in [9.17, 15) is 9.59 Å². The van der Waals surface area contributed by atoms with Crippen LogP contribution in [0, 0.1) is 19.8 Å². The van der Waals surface area contributed by atoms with Crippen molar-refractivity contribution in [2.45, 2.75) is 45.7 Å². The number of nitrogens with zero attached hydrogens (tertiary/aromatic N) is 4. The van der Waals surface area contributed by atoms with E-state index in [4.69, 9.17) is 0 Å². The van der Waals surface area contributed by atoms with Crippen LogP contribution in [0.1, 0.15) is 39.9 Å². The zero-order valence-electron chi connectivity index (χ0n) is 20.4. The second-order valence-corrected chi connectivity index (χ2v) is 9.40. The van der Waals surface area contributed by atoms with Gasteiger partial charge in [0.05, 0.1) is 0 Å². The third-order valence-corrected chi connectivity index (χ3v) is 7.11. The minimum absolute atomic E-state index is 0.0560. The maximum absolute atomic E-state index is 13.2. The van der Waals surface area contributed by atoms with Gasteiger partial charge in [0, 0.05) is 44.1 Å². The second-order valence-electron chi connectivity index (χ2n) is 9.40. The summed E-state index contributed by atoms with van der Waals surface area (Å²) in [5.74, 6) is 0.478. The van der Waals surface area contributed by atoms with Gasteiger partial charge >= 0.3 is 0 Å². The number of amides is 2. The lowest BCUT2D eigenvalue weighted by Crippen LogP contribution is -2.49. The molecule has 6 nitrogen and oxygen atoms in total. The average molecular weight is 459 g/mol. The number of rotatable bonds is 7. The van der Waals surface area contributed by atoms with Crippen LogP contribution in [0.4, 0.5) is 0 Å². The number of hydrogen-bond donors (Lipinski definition) is 0. The third kappa shape index (κ3) is 5.56. The molecule has 178 valence electrons. The lowest BCUT2D eigenvalue weighted by atomic mass is 9.84. The Morgan fingerprint density at radius 2 is 1.74 bits per heavy atom. The van der Waals surface area contributed by atoms with Gasteiger partial charge in [-0.3, -0.25) is 14.3 Å². The molecule has 1 fully saturated rings. The molecule has 1 saturated heterocycles. The summed E-state index contributed by atoms with van der Waals surface area (Å²) in [7, 11) is 1.92. The highest BCUT2D eigenvalue weighted by Gasteiger charge is 2.33. The molecule has 0 N–H and O–H groups in total. The van der Waals surface area contributed by atoms with Crippen molar-refractivity contribution in [3.05, 3.63) is 89.2 Å². The highest BCUT2D eigenvalue weighted by atomic mass is 16.2. The van der Waals surface area contributed by atoms with Crippen molar-refractivity contribution in [2.24, 2.45) is 5.92 Å².